The summed E-state index contributed by atoms with van der Waals surface area (Å²) in [6.07, 6.45) is 10.6. The molecule has 0 spiro atoms. The van der Waals surface area contributed by atoms with E-state index in [9.17, 15) is 9.59 Å². The van der Waals surface area contributed by atoms with Gasteiger partial charge in [0.2, 0.25) is 0 Å². The van der Waals surface area contributed by atoms with E-state index in [1.54, 1.807) is 7.11 Å². The lowest BCUT2D eigenvalue weighted by molar-refractivity contribution is -0.141. The maximum absolute atomic E-state index is 11.6. The maximum Gasteiger partial charge on any atom is 0.305 e. The highest BCUT2D eigenvalue weighted by Crippen LogP contribution is 2.21. The summed E-state index contributed by atoms with van der Waals surface area (Å²) in [7, 11) is 4.44. The van der Waals surface area contributed by atoms with E-state index < -0.39 is 0 Å². The lowest BCUT2D eigenvalue weighted by Gasteiger charge is -2.12. The summed E-state index contributed by atoms with van der Waals surface area (Å²) in [6, 6.07) is 11.8. The van der Waals surface area contributed by atoms with Gasteiger partial charge in [-0.05, 0) is 68.4 Å². The number of hydrogen-bond acceptors (Lipinski definition) is 7. The van der Waals surface area contributed by atoms with Gasteiger partial charge in [-0.15, -0.1) is 0 Å². The van der Waals surface area contributed by atoms with Crippen molar-refractivity contribution in [3.05, 3.63) is 59.4 Å². The van der Waals surface area contributed by atoms with Crippen molar-refractivity contribution in [2.45, 2.75) is 57.8 Å². The predicted octanol–water partition coefficient (Wildman–Crippen LogP) is 5.34. The van der Waals surface area contributed by atoms with Gasteiger partial charge in [0.05, 0.1) is 40.1 Å². The van der Waals surface area contributed by atoms with Crippen molar-refractivity contribution in [2.75, 3.05) is 27.9 Å². The highest BCUT2D eigenvalue weighted by atomic mass is 16.5. The van der Waals surface area contributed by atoms with Crippen LogP contribution >= 0.6 is 0 Å². The normalized spacial score (nSPS) is 10.8. The molecular weight excluding hydrogens is 446 g/mol. The molecule has 0 saturated heterocycles. The first-order chi connectivity index (χ1) is 17.0. The van der Waals surface area contributed by atoms with Gasteiger partial charge in [-0.1, -0.05) is 24.3 Å². The number of pyridine rings is 1. The van der Waals surface area contributed by atoms with Gasteiger partial charge in [-0.3, -0.25) is 14.6 Å². The van der Waals surface area contributed by atoms with Crippen molar-refractivity contribution in [1.82, 2.24) is 4.98 Å². The largest absolute Gasteiger partial charge is 0.497 e. The van der Waals surface area contributed by atoms with Gasteiger partial charge in [0, 0.05) is 18.5 Å². The molecule has 0 unspecified atom stereocenters. The number of carbonyl (C=O) groups excluding carboxylic acids is 2. The molecule has 0 radical (unpaired) electrons. The Morgan fingerprint density at radius 3 is 2.29 bits per heavy atom. The van der Waals surface area contributed by atoms with E-state index in [1.165, 1.54) is 14.2 Å². The van der Waals surface area contributed by atoms with E-state index in [-0.39, 0.29) is 18.4 Å². The van der Waals surface area contributed by atoms with E-state index in [0.717, 1.165) is 61.2 Å². The third-order valence-corrected chi connectivity index (χ3v) is 5.52. The standard InChI is InChI=1S/C28H37NO6/c1-32-24-16-13-22(14-17-24)10-6-4-5-9-21-35-26-19-15-23(11-7-8-12-27(30)33-2)29-25(26)18-20-28(31)34-3/h6,10,13-17,19H,4-5,7-9,11-12,18,20-21H2,1-3H3/b10-6+. The van der Waals surface area contributed by atoms with Gasteiger partial charge in [0.25, 0.3) is 0 Å². The molecule has 35 heavy (non-hydrogen) atoms. The molecule has 0 aliphatic carbocycles. The summed E-state index contributed by atoms with van der Waals surface area (Å²) < 4.78 is 20.6. The Bertz CT molecular complexity index is 939. The molecular formula is C28H37NO6. The van der Waals surface area contributed by atoms with E-state index in [2.05, 4.69) is 16.9 Å². The predicted molar refractivity (Wildman–Crippen MR) is 136 cm³/mol. The second-order valence-electron chi connectivity index (χ2n) is 8.13. The van der Waals surface area contributed by atoms with E-state index in [1.807, 2.05) is 36.4 Å². The average molecular weight is 484 g/mol. The molecule has 0 aliphatic heterocycles. The third-order valence-electron chi connectivity index (χ3n) is 5.52. The van der Waals surface area contributed by atoms with Gasteiger partial charge < -0.3 is 18.9 Å². The zero-order valence-electron chi connectivity index (χ0n) is 21.1. The first-order valence-corrected chi connectivity index (χ1v) is 12.1. The molecule has 1 aromatic heterocycles. The number of carbonyl (C=O) groups is 2. The number of rotatable bonds is 16. The van der Waals surface area contributed by atoms with Crippen LogP contribution in [0.5, 0.6) is 11.5 Å². The molecule has 0 aliphatic rings. The van der Waals surface area contributed by atoms with Crippen LogP contribution in [0.2, 0.25) is 0 Å². The number of esters is 2. The van der Waals surface area contributed by atoms with Gasteiger partial charge in [-0.2, -0.15) is 0 Å². The number of unbranched alkanes of at least 4 members (excludes halogenated alkanes) is 3. The van der Waals surface area contributed by atoms with Gasteiger partial charge in [-0.25, -0.2) is 0 Å². The summed E-state index contributed by atoms with van der Waals surface area (Å²) in [4.78, 5) is 27.6. The molecule has 0 bridgehead atoms. The van der Waals surface area contributed by atoms with Crippen LogP contribution in [0, 0.1) is 0 Å². The fraction of sp³-hybridized carbons (Fsp3) is 0.464. The molecule has 0 amide bonds. The summed E-state index contributed by atoms with van der Waals surface area (Å²) in [6.45, 7) is 0.585. The van der Waals surface area contributed by atoms with Crippen molar-refractivity contribution in [2.24, 2.45) is 0 Å². The van der Waals surface area contributed by atoms with Crippen LogP contribution in [0.4, 0.5) is 0 Å². The van der Waals surface area contributed by atoms with E-state index >= 15 is 0 Å². The zero-order valence-corrected chi connectivity index (χ0v) is 21.1. The smallest absolute Gasteiger partial charge is 0.305 e. The summed E-state index contributed by atoms with van der Waals surface area (Å²) in [5, 5.41) is 0. The Kier molecular flexibility index (Phi) is 13.0. The van der Waals surface area contributed by atoms with Crippen LogP contribution in [-0.4, -0.2) is 44.9 Å². The highest BCUT2D eigenvalue weighted by Gasteiger charge is 2.11. The topological polar surface area (TPSA) is 84.0 Å². The highest BCUT2D eigenvalue weighted by molar-refractivity contribution is 5.69. The van der Waals surface area contributed by atoms with Crippen LogP contribution < -0.4 is 9.47 Å². The number of aryl methyl sites for hydroxylation is 2. The Morgan fingerprint density at radius 1 is 0.829 bits per heavy atom. The van der Waals surface area contributed by atoms with Crippen molar-refractivity contribution in [3.63, 3.8) is 0 Å². The van der Waals surface area contributed by atoms with Crippen LogP contribution in [0.1, 0.15) is 61.9 Å². The first kappa shape index (κ1) is 27.9. The molecule has 0 atom stereocenters. The van der Waals surface area contributed by atoms with Crippen molar-refractivity contribution >= 4 is 18.0 Å². The number of nitrogens with zero attached hydrogens (tertiary/aromatic N) is 1. The Balaban J connectivity index is 1.81. The molecule has 2 aromatic rings. The number of hydrogen-bond donors (Lipinski definition) is 0. The van der Waals surface area contributed by atoms with Crippen LogP contribution in [0.3, 0.4) is 0 Å². The fourth-order valence-corrected chi connectivity index (χ4v) is 3.46. The van der Waals surface area contributed by atoms with Crippen molar-refractivity contribution in [1.29, 1.82) is 0 Å². The molecule has 190 valence electrons. The van der Waals surface area contributed by atoms with Crippen LogP contribution in [0.15, 0.2) is 42.5 Å². The minimum absolute atomic E-state index is 0.198. The molecule has 1 heterocycles. The van der Waals surface area contributed by atoms with Crippen molar-refractivity contribution < 1.29 is 28.5 Å². The number of ether oxygens (including phenoxy) is 4. The fourth-order valence-electron chi connectivity index (χ4n) is 3.46. The summed E-state index contributed by atoms with van der Waals surface area (Å²) in [5.74, 6) is 1.09. The minimum Gasteiger partial charge on any atom is -0.497 e. The number of benzene rings is 1. The Morgan fingerprint density at radius 2 is 1.57 bits per heavy atom. The lowest BCUT2D eigenvalue weighted by Crippen LogP contribution is -2.08. The average Bonchev–Trinajstić information content (AvgIpc) is 2.89. The quantitative estimate of drug-likeness (QED) is 0.235. The van der Waals surface area contributed by atoms with Crippen molar-refractivity contribution in [3.8, 4) is 11.5 Å². The third kappa shape index (κ3) is 11.1. The lowest BCUT2D eigenvalue weighted by atomic mass is 10.1. The molecule has 1 aromatic carbocycles. The van der Waals surface area contributed by atoms with Crippen LogP contribution in [0.25, 0.3) is 6.08 Å². The summed E-state index contributed by atoms with van der Waals surface area (Å²) >= 11 is 0. The van der Waals surface area contributed by atoms with Gasteiger partial charge in [0.1, 0.15) is 11.5 Å². The molecule has 7 nitrogen and oxygen atoms in total. The number of methoxy groups -OCH3 is 3. The molecule has 2 rings (SSSR count). The van der Waals surface area contributed by atoms with Gasteiger partial charge >= 0.3 is 11.9 Å². The van der Waals surface area contributed by atoms with Gasteiger partial charge in [0.15, 0.2) is 0 Å². The first-order valence-electron chi connectivity index (χ1n) is 12.1. The minimum atomic E-state index is -0.273. The Labute approximate surface area is 208 Å². The second kappa shape index (κ2) is 16.3. The number of aromatic nitrogens is 1. The van der Waals surface area contributed by atoms with E-state index in [4.69, 9.17) is 19.2 Å². The van der Waals surface area contributed by atoms with Crippen LogP contribution in [-0.2, 0) is 31.9 Å². The molecule has 7 heteroatoms. The SMILES string of the molecule is COC(=O)CCCCc1ccc(OCCCC/C=C/c2ccc(OC)cc2)c(CCC(=O)OC)n1. The molecule has 0 fully saturated rings. The maximum atomic E-state index is 11.6. The molecule has 0 N–H and O–H groups in total. The second-order valence-corrected chi connectivity index (χ2v) is 8.13. The summed E-state index contributed by atoms with van der Waals surface area (Å²) in [5.41, 5.74) is 2.83. The molecule has 0 saturated carbocycles. The zero-order chi connectivity index (χ0) is 25.3. The number of allylic oxidation sites excluding steroid dienone is 1. The van der Waals surface area contributed by atoms with E-state index in [0.29, 0.717) is 25.2 Å². The Hall–Kier alpha value is -3.35. The monoisotopic (exact) mass is 483 g/mol.